The van der Waals surface area contributed by atoms with Crippen molar-refractivity contribution < 1.29 is 0 Å². The first-order valence-electron chi connectivity index (χ1n) is 5.88. The van der Waals surface area contributed by atoms with Crippen molar-refractivity contribution in [3.63, 3.8) is 0 Å². The first-order chi connectivity index (χ1) is 8.22. The number of rotatable bonds is 5. The maximum Gasteiger partial charge on any atom is 0.271 e. The highest BCUT2D eigenvalue weighted by Gasteiger charge is 2.05. The summed E-state index contributed by atoms with van der Waals surface area (Å²) in [5.74, 6) is 0. The molecule has 0 saturated heterocycles. The van der Waals surface area contributed by atoms with Crippen molar-refractivity contribution in [2.24, 2.45) is 0 Å². The average Bonchev–Trinajstić information content (AvgIpc) is 2.81. The Morgan fingerprint density at radius 2 is 2.41 bits per heavy atom. The smallest absolute Gasteiger partial charge is 0.271 e. The molecule has 0 aliphatic carbocycles. The summed E-state index contributed by atoms with van der Waals surface area (Å²) in [6, 6.07) is 2.37. The number of hydrogen-bond acceptors (Lipinski definition) is 4. The molecule has 1 unspecified atom stereocenters. The summed E-state index contributed by atoms with van der Waals surface area (Å²) in [5.41, 5.74) is 0.863. The molecule has 0 fully saturated rings. The summed E-state index contributed by atoms with van der Waals surface area (Å²) in [5, 5.41) is 5.27. The molecule has 1 atom stereocenters. The number of aromatic nitrogens is 2. The largest absolute Gasteiger partial charge is 0.312 e. The van der Waals surface area contributed by atoms with Crippen LogP contribution in [0.4, 0.5) is 0 Å². The molecular formula is C12H17N3OS. The minimum atomic E-state index is 0.0657. The van der Waals surface area contributed by atoms with Gasteiger partial charge < -0.3 is 5.32 Å². The molecule has 0 spiro atoms. The molecule has 17 heavy (non-hydrogen) atoms. The number of nitrogens with zero attached hydrogens (tertiary/aromatic N) is 2. The molecule has 0 aliphatic heterocycles. The molecule has 2 heterocycles. The Hall–Kier alpha value is -1.20. The van der Waals surface area contributed by atoms with E-state index in [0.717, 1.165) is 23.2 Å². The van der Waals surface area contributed by atoms with Crippen LogP contribution < -0.4 is 10.9 Å². The van der Waals surface area contributed by atoms with Gasteiger partial charge in [-0.05, 0) is 24.8 Å². The van der Waals surface area contributed by atoms with Gasteiger partial charge in [-0.2, -0.15) is 0 Å². The van der Waals surface area contributed by atoms with Gasteiger partial charge in [0.1, 0.15) is 4.70 Å². The van der Waals surface area contributed by atoms with Gasteiger partial charge >= 0.3 is 0 Å². The molecule has 0 amide bonds. The summed E-state index contributed by atoms with van der Waals surface area (Å²) in [7, 11) is 0. The molecule has 4 nitrogen and oxygen atoms in total. The van der Waals surface area contributed by atoms with Crippen molar-refractivity contribution >= 4 is 21.6 Å². The van der Waals surface area contributed by atoms with Crippen LogP contribution in [-0.2, 0) is 6.54 Å². The van der Waals surface area contributed by atoms with E-state index in [1.54, 1.807) is 10.9 Å². The van der Waals surface area contributed by atoms with Crippen LogP contribution in [0.25, 0.3) is 10.2 Å². The van der Waals surface area contributed by atoms with Crippen LogP contribution in [0, 0.1) is 0 Å². The summed E-state index contributed by atoms with van der Waals surface area (Å²) in [6.45, 7) is 5.75. The Bertz CT molecular complexity index is 546. The van der Waals surface area contributed by atoms with Crippen molar-refractivity contribution in [1.29, 1.82) is 0 Å². The summed E-state index contributed by atoms with van der Waals surface area (Å²) in [6.07, 6.45) is 2.73. The Morgan fingerprint density at radius 3 is 3.18 bits per heavy atom. The molecule has 2 aromatic heterocycles. The van der Waals surface area contributed by atoms with Gasteiger partial charge in [0.15, 0.2) is 0 Å². The van der Waals surface area contributed by atoms with E-state index in [1.165, 1.54) is 11.3 Å². The topological polar surface area (TPSA) is 46.9 Å². The number of hydrogen-bond donors (Lipinski definition) is 1. The van der Waals surface area contributed by atoms with E-state index in [9.17, 15) is 4.79 Å². The minimum absolute atomic E-state index is 0.0657. The van der Waals surface area contributed by atoms with Gasteiger partial charge in [-0.3, -0.25) is 9.36 Å². The fourth-order valence-electron chi connectivity index (χ4n) is 1.61. The van der Waals surface area contributed by atoms with Gasteiger partial charge in [0.25, 0.3) is 5.56 Å². The van der Waals surface area contributed by atoms with Crippen molar-refractivity contribution in [2.75, 3.05) is 6.54 Å². The lowest BCUT2D eigenvalue weighted by molar-refractivity contribution is 0.499. The predicted molar refractivity (Wildman–Crippen MR) is 71.6 cm³/mol. The molecule has 2 rings (SSSR count). The first-order valence-corrected chi connectivity index (χ1v) is 6.76. The fourth-order valence-corrected chi connectivity index (χ4v) is 2.41. The maximum absolute atomic E-state index is 12.0. The lowest BCUT2D eigenvalue weighted by Crippen LogP contribution is -2.31. The third-order valence-electron chi connectivity index (χ3n) is 2.89. The Morgan fingerprint density at radius 1 is 1.59 bits per heavy atom. The monoisotopic (exact) mass is 251 g/mol. The lowest BCUT2D eigenvalue weighted by atomic mass is 10.2. The second-order valence-corrected chi connectivity index (χ2v) is 5.06. The SMILES string of the molecule is CCC(C)NCCn1cnc2ccsc2c1=O. The second kappa shape index (κ2) is 5.42. The van der Waals surface area contributed by atoms with Crippen LogP contribution in [0.1, 0.15) is 20.3 Å². The number of thiophene rings is 1. The standard InChI is InChI=1S/C12H17N3OS/c1-3-9(2)13-5-6-15-8-14-10-4-7-17-11(10)12(15)16/h4,7-9,13H,3,5-6H2,1-2H3. The van der Waals surface area contributed by atoms with E-state index >= 15 is 0 Å². The van der Waals surface area contributed by atoms with Crippen molar-refractivity contribution in [3.8, 4) is 0 Å². The van der Waals surface area contributed by atoms with E-state index in [0.29, 0.717) is 12.6 Å². The van der Waals surface area contributed by atoms with Crippen molar-refractivity contribution in [2.45, 2.75) is 32.9 Å². The first kappa shape index (κ1) is 12.3. The number of fused-ring (bicyclic) bond motifs is 1. The zero-order valence-electron chi connectivity index (χ0n) is 10.1. The summed E-state index contributed by atoms with van der Waals surface area (Å²) < 4.78 is 2.42. The van der Waals surface area contributed by atoms with E-state index < -0.39 is 0 Å². The molecule has 0 saturated carbocycles. The van der Waals surface area contributed by atoms with Gasteiger partial charge in [-0.15, -0.1) is 11.3 Å². The molecule has 1 N–H and O–H groups in total. The molecule has 0 radical (unpaired) electrons. The van der Waals surface area contributed by atoms with Crippen LogP contribution in [0.2, 0.25) is 0 Å². The van der Waals surface area contributed by atoms with Crippen LogP contribution in [0.15, 0.2) is 22.6 Å². The lowest BCUT2D eigenvalue weighted by Gasteiger charge is -2.11. The number of nitrogens with one attached hydrogen (secondary N) is 1. The Labute approximate surface area is 104 Å². The predicted octanol–water partition coefficient (Wildman–Crippen LogP) is 1.85. The highest BCUT2D eigenvalue weighted by molar-refractivity contribution is 7.17. The molecule has 0 aliphatic rings. The molecule has 92 valence electrons. The second-order valence-electron chi connectivity index (χ2n) is 4.14. The summed E-state index contributed by atoms with van der Waals surface area (Å²) >= 11 is 1.46. The molecule has 2 aromatic rings. The maximum atomic E-state index is 12.0. The third kappa shape index (κ3) is 2.73. The fraction of sp³-hybridized carbons (Fsp3) is 0.500. The van der Waals surface area contributed by atoms with Gasteiger partial charge in [0.2, 0.25) is 0 Å². The zero-order valence-corrected chi connectivity index (χ0v) is 11.0. The third-order valence-corrected chi connectivity index (χ3v) is 3.79. The summed E-state index contributed by atoms with van der Waals surface area (Å²) in [4.78, 5) is 16.3. The van der Waals surface area contributed by atoms with E-state index in [4.69, 9.17) is 0 Å². The normalized spacial score (nSPS) is 13.1. The minimum Gasteiger partial charge on any atom is -0.312 e. The highest BCUT2D eigenvalue weighted by atomic mass is 32.1. The Balaban J connectivity index is 2.08. The molecular weight excluding hydrogens is 234 g/mol. The quantitative estimate of drug-likeness (QED) is 0.882. The van der Waals surface area contributed by atoms with Crippen molar-refractivity contribution in [1.82, 2.24) is 14.9 Å². The van der Waals surface area contributed by atoms with Gasteiger partial charge in [0.05, 0.1) is 11.8 Å². The van der Waals surface area contributed by atoms with E-state index in [2.05, 4.69) is 24.1 Å². The van der Waals surface area contributed by atoms with Gasteiger partial charge in [-0.1, -0.05) is 6.92 Å². The van der Waals surface area contributed by atoms with Crippen LogP contribution in [0.3, 0.4) is 0 Å². The van der Waals surface area contributed by atoms with Crippen LogP contribution >= 0.6 is 11.3 Å². The average molecular weight is 251 g/mol. The highest BCUT2D eigenvalue weighted by Crippen LogP contribution is 2.12. The molecule has 5 heteroatoms. The van der Waals surface area contributed by atoms with Gasteiger partial charge in [-0.25, -0.2) is 4.98 Å². The molecule has 0 bridgehead atoms. The van der Waals surface area contributed by atoms with Crippen LogP contribution in [0.5, 0.6) is 0 Å². The van der Waals surface area contributed by atoms with Crippen molar-refractivity contribution in [3.05, 3.63) is 28.1 Å². The Kier molecular flexibility index (Phi) is 3.91. The van der Waals surface area contributed by atoms with Gasteiger partial charge in [0, 0.05) is 19.1 Å². The molecule has 0 aromatic carbocycles. The zero-order chi connectivity index (χ0) is 12.3. The van der Waals surface area contributed by atoms with E-state index in [-0.39, 0.29) is 5.56 Å². The van der Waals surface area contributed by atoms with Crippen LogP contribution in [-0.4, -0.2) is 22.1 Å². The van der Waals surface area contributed by atoms with E-state index in [1.807, 2.05) is 11.4 Å².